The van der Waals surface area contributed by atoms with Gasteiger partial charge in [0.15, 0.2) is 0 Å². The molecule has 122 valence electrons. The number of ether oxygens (including phenoxy) is 1. The molecule has 0 aromatic heterocycles. The fourth-order valence-corrected chi connectivity index (χ4v) is 5.60. The number of carbonyl (C=O) groups is 1. The first-order chi connectivity index (χ1) is 10.0. The summed E-state index contributed by atoms with van der Waals surface area (Å²) in [5, 5.41) is -0.595. The highest BCUT2D eigenvalue weighted by atomic mass is 32.2. The number of methoxy groups -OCH3 is 1. The zero-order valence-electron chi connectivity index (χ0n) is 13.0. The van der Waals surface area contributed by atoms with Gasteiger partial charge in [0.05, 0.1) is 18.3 Å². The summed E-state index contributed by atoms with van der Waals surface area (Å²) in [5.41, 5.74) is 0. The number of piperazine rings is 1. The van der Waals surface area contributed by atoms with Gasteiger partial charge in [0.1, 0.15) is 0 Å². The first-order valence-corrected chi connectivity index (χ1v) is 9.30. The third-order valence-corrected chi connectivity index (χ3v) is 6.98. The van der Waals surface area contributed by atoms with Crippen molar-refractivity contribution in [3.8, 4) is 0 Å². The summed E-state index contributed by atoms with van der Waals surface area (Å²) in [6.07, 6.45) is 3.04. The fraction of sp³-hybridized carbons (Fsp3) is 0.929. The number of rotatable bonds is 5. The normalized spacial score (nSPS) is 28.7. The van der Waals surface area contributed by atoms with E-state index in [2.05, 4.69) is 11.8 Å². The van der Waals surface area contributed by atoms with Crippen LogP contribution in [0.4, 0.5) is 0 Å². The van der Waals surface area contributed by atoms with E-state index < -0.39 is 21.2 Å². The summed E-state index contributed by atoms with van der Waals surface area (Å²) in [6.45, 7) is 5.77. The second kappa shape index (κ2) is 7.07. The van der Waals surface area contributed by atoms with Gasteiger partial charge in [0.2, 0.25) is 10.0 Å². The second-order valence-electron chi connectivity index (χ2n) is 5.88. The average Bonchev–Trinajstić information content (AvgIpc) is 2.97. The maximum atomic E-state index is 12.8. The Morgan fingerprint density at radius 2 is 1.86 bits per heavy atom. The first kappa shape index (κ1) is 16.7. The maximum Gasteiger partial charge on any atom is 0.310 e. The van der Waals surface area contributed by atoms with Crippen LogP contribution in [0.1, 0.15) is 32.6 Å². The molecular weight excluding hydrogens is 292 g/mol. The van der Waals surface area contributed by atoms with Crippen LogP contribution in [0.5, 0.6) is 0 Å². The summed E-state index contributed by atoms with van der Waals surface area (Å²) >= 11 is 0. The SMILES string of the molecule is CCCN1CCN(S(=O)(=O)C2CCCC2C(=O)OC)CC1. The number of carbonyl (C=O) groups excluding carboxylic acids is 1. The van der Waals surface area contributed by atoms with Crippen LogP contribution < -0.4 is 0 Å². The fourth-order valence-electron chi connectivity index (χ4n) is 3.42. The van der Waals surface area contributed by atoms with Gasteiger partial charge in [0, 0.05) is 26.2 Å². The molecule has 0 aromatic carbocycles. The third kappa shape index (κ3) is 3.57. The summed E-state index contributed by atoms with van der Waals surface area (Å²) in [4.78, 5) is 14.1. The molecule has 21 heavy (non-hydrogen) atoms. The van der Waals surface area contributed by atoms with Crippen LogP contribution in [0.15, 0.2) is 0 Å². The van der Waals surface area contributed by atoms with Crippen molar-refractivity contribution in [1.82, 2.24) is 9.21 Å². The van der Waals surface area contributed by atoms with Crippen molar-refractivity contribution in [2.45, 2.75) is 37.9 Å². The third-order valence-electron chi connectivity index (χ3n) is 4.57. The van der Waals surface area contributed by atoms with Crippen molar-refractivity contribution in [2.24, 2.45) is 5.92 Å². The van der Waals surface area contributed by atoms with E-state index in [9.17, 15) is 13.2 Å². The van der Waals surface area contributed by atoms with E-state index in [0.29, 0.717) is 25.9 Å². The zero-order valence-corrected chi connectivity index (χ0v) is 13.8. The summed E-state index contributed by atoms with van der Waals surface area (Å²) in [5.74, 6) is -0.876. The molecule has 0 spiro atoms. The van der Waals surface area contributed by atoms with E-state index in [0.717, 1.165) is 32.5 Å². The van der Waals surface area contributed by atoms with Crippen LogP contribution in [0, 0.1) is 5.92 Å². The molecule has 1 saturated carbocycles. The predicted molar refractivity (Wildman–Crippen MR) is 80.4 cm³/mol. The molecule has 0 aromatic rings. The lowest BCUT2D eigenvalue weighted by molar-refractivity contribution is -0.145. The zero-order chi connectivity index (χ0) is 15.5. The lowest BCUT2D eigenvalue weighted by Crippen LogP contribution is -2.52. The summed E-state index contributed by atoms with van der Waals surface area (Å²) in [7, 11) is -2.07. The molecule has 0 radical (unpaired) electrons. The van der Waals surface area contributed by atoms with Gasteiger partial charge in [-0.1, -0.05) is 13.3 Å². The van der Waals surface area contributed by atoms with Crippen molar-refractivity contribution >= 4 is 16.0 Å². The van der Waals surface area contributed by atoms with E-state index in [-0.39, 0.29) is 5.97 Å². The monoisotopic (exact) mass is 318 g/mol. The quantitative estimate of drug-likeness (QED) is 0.698. The minimum atomic E-state index is -3.40. The van der Waals surface area contributed by atoms with Gasteiger partial charge < -0.3 is 9.64 Å². The molecule has 0 amide bonds. The highest BCUT2D eigenvalue weighted by Gasteiger charge is 2.45. The Morgan fingerprint density at radius 3 is 2.43 bits per heavy atom. The topological polar surface area (TPSA) is 66.9 Å². The van der Waals surface area contributed by atoms with E-state index in [4.69, 9.17) is 4.74 Å². The largest absolute Gasteiger partial charge is 0.469 e. The number of nitrogens with zero attached hydrogens (tertiary/aromatic N) is 2. The van der Waals surface area contributed by atoms with Crippen LogP contribution in [-0.2, 0) is 19.6 Å². The van der Waals surface area contributed by atoms with Gasteiger partial charge in [0.25, 0.3) is 0 Å². The lowest BCUT2D eigenvalue weighted by Gasteiger charge is -2.35. The van der Waals surface area contributed by atoms with E-state index >= 15 is 0 Å². The van der Waals surface area contributed by atoms with Gasteiger partial charge in [-0.2, -0.15) is 4.31 Å². The molecule has 7 heteroatoms. The molecular formula is C14H26N2O4S. The number of hydrogen-bond donors (Lipinski definition) is 0. The van der Waals surface area contributed by atoms with Crippen LogP contribution >= 0.6 is 0 Å². The molecule has 2 unspecified atom stereocenters. The van der Waals surface area contributed by atoms with E-state index in [1.807, 2.05) is 0 Å². The number of esters is 1. The van der Waals surface area contributed by atoms with E-state index in [1.165, 1.54) is 7.11 Å². The molecule has 1 aliphatic heterocycles. The standard InChI is InChI=1S/C14H26N2O4S/c1-3-7-15-8-10-16(11-9-15)21(18,19)13-6-4-5-12(13)14(17)20-2/h12-13H,3-11H2,1-2H3. The molecule has 2 atom stereocenters. The molecule has 6 nitrogen and oxygen atoms in total. The molecule has 1 aliphatic carbocycles. The van der Waals surface area contributed by atoms with Gasteiger partial charge in [-0.3, -0.25) is 4.79 Å². The van der Waals surface area contributed by atoms with Gasteiger partial charge in [-0.15, -0.1) is 0 Å². The minimum absolute atomic E-state index is 0.384. The Bertz CT molecular complexity index is 458. The van der Waals surface area contributed by atoms with Crippen LogP contribution in [0.3, 0.4) is 0 Å². The van der Waals surface area contributed by atoms with Crippen molar-refractivity contribution in [3.63, 3.8) is 0 Å². The van der Waals surface area contributed by atoms with Crippen molar-refractivity contribution in [2.75, 3.05) is 39.8 Å². The number of sulfonamides is 1. The average molecular weight is 318 g/mol. The Balaban J connectivity index is 2.03. The molecule has 1 heterocycles. The first-order valence-electron chi connectivity index (χ1n) is 7.79. The lowest BCUT2D eigenvalue weighted by atomic mass is 10.1. The Kier molecular flexibility index (Phi) is 5.62. The van der Waals surface area contributed by atoms with Gasteiger partial charge >= 0.3 is 5.97 Å². The smallest absolute Gasteiger partial charge is 0.310 e. The molecule has 2 rings (SSSR count). The summed E-state index contributed by atoms with van der Waals surface area (Å²) in [6, 6.07) is 0. The van der Waals surface area contributed by atoms with Gasteiger partial charge in [-0.25, -0.2) is 8.42 Å². The highest BCUT2D eigenvalue weighted by Crippen LogP contribution is 2.34. The van der Waals surface area contributed by atoms with Crippen molar-refractivity contribution in [1.29, 1.82) is 0 Å². The van der Waals surface area contributed by atoms with Crippen LogP contribution in [-0.4, -0.2) is 68.7 Å². The molecule has 2 aliphatic rings. The number of hydrogen-bond acceptors (Lipinski definition) is 5. The summed E-state index contributed by atoms with van der Waals surface area (Å²) < 4.78 is 31.9. The van der Waals surface area contributed by atoms with Crippen molar-refractivity contribution < 1.29 is 17.9 Å². The highest BCUT2D eigenvalue weighted by molar-refractivity contribution is 7.89. The molecule has 0 bridgehead atoms. The minimum Gasteiger partial charge on any atom is -0.469 e. The van der Waals surface area contributed by atoms with E-state index in [1.54, 1.807) is 4.31 Å². The molecule has 2 fully saturated rings. The second-order valence-corrected chi connectivity index (χ2v) is 8.04. The Hall–Kier alpha value is -0.660. The predicted octanol–water partition coefficient (Wildman–Crippen LogP) is 0.686. The maximum absolute atomic E-state index is 12.8. The van der Waals surface area contributed by atoms with Crippen LogP contribution in [0.25, 0.3) is 0 Å². The Morgan fingerprint density at radius 1 is 1.19 bits per heavy atom. The molecule has 0 N–H and O–H groups in total. The van der Waals surface area contributed by atoms with Crippen LogP contribution in [0.2, 0.25) is 0 Å². The molecule has 1 saturated heterocycles. The van der Waals surface area contributed by atoms with Crippen molar-refractivity contribution in [3.05, 3.63) is 0 Å². The Labute approximate surface area is 127 Å². The van der Waals surface area contributed by atoms with Gasteiger partial charge in [-0.05, 0) is 25.8 Å².